The average molecular weight is 560 g/mol. The number of anilines is 5. The molecule has 5 N–H and O–H groups in total. The molecule has 5 rings (SSSR count). The lowest BCUT2D eigenvalue weighted by atomic mass is 10.1. The molecule has 216 valence electrons. The standard InChI is InChI=1S/C29H37N9O3/c1-3-31-26-24(30)27(37-16-18-41-19-17-37)35-25(34-26)20-4-8-22(9-5-20)32-29(40)33-23-10-6-21(7-11-23)28(39)38-14-12-36(2)13-15-38/h4-11H,3,12-19,30H2,1-2H3,(H,31,34,35)(H2,32,33,40). The van der Waals surface area contributed by atoms with Gasteiger partial charge >= 0.3 is 6.03 Å². The number of piperazine rings is 1. The second-order valence-electron chi connectivity index (χ2n) is 10.1. The minimum Gasteiger partial charge on any atom is -0.393 e. The molecule has 0 bridgehead atoms. The Hall–Kier alpha value is -4.42. The fraction of sp³-hybridized carbons (Fsp3) is 0.379. The number of ether oxygens (including phenoxy) is 1. The Labute approximate surface area is 239 Å². The molecule has 0 radical (unpaired) electrons. The number of urea groups is 1. The molecule has 2 aliphatic heterocycles. The zero-order valence-electron chi connectivity index (χ0n) is 23.5. The molecule has 0 atom stereocenters. The van der Waals surface area contributed by atoms with Crippen molar-refractivity contribution in [2.24, 2.45) is 0 Å². The van der Waals surface area contributed by atoms with Crippen LogP contribution in [0, 0.1) is 0 Å². The van der Waals surface area contributed by atoms with Crippen LogP contribution < -0.4 is 26.6 Å². The highest BCUT2D eigenvalue weighted by atomic mass is 16.5. The van der Waals surface area contributed by atoms with E-state index in [0.29, 0.717) is 86.0 Å². The molecule has 0 aliphatic carbocycles. The van der Waals surface area contributed by atoms with E-state index in [4.69, 9.17) is 15.5 Å². The van der Waals surface area contributed by atoms with Gasteiger partial charge in [-0.25, -0.2) is 14.8 Å². The number of hydrogen-bond donors (Lipinski definition) is 4. The molecule has 3 heterocycles. The number of morpholine rings is 1. The van der Waals surface area contributed by atoms with Crippen molar-refractivity contribution in [1.29, 1.82) is 0 Å². The summed E-state index contributed by atoms with van der Waals surface area (Å²) in [6, 6.07) is 13.9. The minimum absolute atomic E-state index is 0.00827. The molecule has 12 heteroatoms. The Bertz CT molecular complexity index is 1350. The monoisotopic (exact) mass is 559 g/mol. The van der Waals surface area contributed by atoms with Crippen LogP contribution in [-0.2, 0) is 4.74 Å². The van der Waals surface area contributed by atoms with Crippen LogP contribution in [0.5, 0.6) is 0 Å². The van der Waals surface area contributed by atoms with Gasteiger partial charge in [-0.15, -0.1) is 0 Å². The first-order valence-electron chi connectivity index (χ1n) is 13.9. The van der Waals surface area contributed by atoms with Crippen molar-refractivity contribution in [3.63, 3.8) is 0 Å². The Morgan fingerprint density at radius 3 is 2.10 bits per heavy atom. The third-order valence-corrected chi connectivity index (χ3v) is 7.16. The van der Waals surface area contributed by atoms with Gasteiger partial charge in [-0.1, -0.05) is 0 Å². The van der Waals surface area contributed by atoms with Crippen molar-refractivity contribution in [3.05, 3.63) is 54.1 Å². The highest BCUT2D eigenvalue weighted by molar-refractivity contribution is 6.00. The Kier molecular flexibility index (Phi) is 8.80. The summed E-state index contributed by atoms with van der Waals surface area (Å²) in [6.07, 6.45) is 0. The number of aromatic nitrogens is 2. The molecule has 2 fully saturated rings. The maximum Gasteiger partial charge on any atom is 0.323 e. The van der Waals surface area contributed by atoms with Crippen molar-refractivity contribution in [2.75, 3.05) is 92.7 Å². The molecule has 2 aliphatic rings. The lowest BCUT2D eigenvalue weighted by Crippen LogP contribution is -2.47. The molecule has 0 unspecified atom stereocenters. The summed E-state index contributed by atoms with van der Waals surface area (Å²) in [5.74, 6) is 1.83. The van der Waals surface area contributed by atoms with E-state index in [1.807, 2.05) is 24.0 Å². The van der Waals surface area contributed by atoms with Gasteiger partial charge in [-0.05, 0) is 62.5 Å². The van der Waals surface area contributed by atoms with Crippen molar-refractivity contribution in [3.8, 4) is 11.4 Å². The predicted molar refractivity (Wildman–Crippen MR) is 162 cm³/mol. The summed E-state index contributed by atoms with van der Waals surface area (Å²) in [7, 11) is 2.05. The number of amides is 3. The molecule has 2 saturated heterocycles. The summed E-state index contributed by atoms with van der Waals surface area (Å²) in [5.41, 5.74) is 9.54. The molecule has 3 aromatic rings. The molecule has 41 heavy (non-hydrogen) atoms. The topological polar surface area (TPSA) is 141 Å². The maximum absolute atomic E-state index is 12.8. The van der Waals surface area contributed by atoms with Crippen LogP contribution in [0.1, 0.15) is 17.3 Å². The fourth-order valence-electron chi connectivity index (χ4n) is 4.79. The Morgan fingerprint density at radius 2 is 1.49 bits per heavy atom. The Balaban J connectivity index is 1.22. The molecule has 0 saturated carbocycles. The number of nitrogens with two attached hydrogens (primary N) is 1. The molecular formula is C29H37N9O3. The fourth-order valence-corrected chi connectivity index (χ4v) is 4.79. The van der Waals surface area contributed by atoms with Gasteiger partial charge in [-0.3, -0.25) is 4.79 Å². The smallest absolute Gasteiger partial charge is 0.323 e. The van der Waals surface area contributed by atoms with E-state index in [1.165, 1.54) is 0 Å². The number of carbonyl (C=O) groups excluding carboxylic acids is 2. The largest absolute Gasteiger partial charge is 0.393 e. The van der Waals surface area contributed by atoms with E-state index < -0.39 is 0 Å². The minimum atomic E-state index is -0.385. The number of rotatable bonds is 7. The molecule has 0 spiro atoms. The van der Waals surface area contributed by atoms with Gasteiger partial charge in [0.15, 0.2) is 17.5 Å². The van der Waals surface area contributed by atoms with E-state index in [0.717, 1.165) is 18.7 Å². The third kappa shape index (κ3) is 6.84. The van der Waals surface area contributed by atoms with Gasteiger partial charge in [0.1, 0.15) is 5.69 Å². The first kappa shape index (κ1) is 28.1. The van der Waals surface area contributed by atoms with Crippen molar-refractivity contribution in [1.82, 2.24) is 19.8 Å². The van der Waals surface area contributed by atoms with Crippen LogP contribution in [0.25, 0.3) is 11.4 Å². The Morgan fingerprint density at radius 1 is 0.878 bits per heavy atom. The van der Waals surface area contributed by atoms with E-state index in [-0.39, 0.29) is 11.9 Å². The normalized spacial score (nSPS) is 15.9. The van der Waals surface area contributed by atoms with Gasteiger partial charge in [0.05, 0.1) is 13.2 Å². The van der Waals surface area contributed by atoms with Crippen LogP contribution >= 0.6 is 0 Å². The maximum atomic E-state index is 12.8. The van der Waals surface area contributed by atoms with Crippen molar-refractivity contribution in [2.45, 2.75) is 6.92 Å². The van der Waals surface area contributed by atoms with Gasteiger partial charge in [-0.2, -0.15) is 0 Å². The van der Waals surface area contributed by atoms with Gasteiger partial charge in [0, 0.05) is 68.3 Å². The van der Waals surface area contributed by atoms with Crippen LogP contribution in [-0.4, -0.2) is 97.8 Å². The van der Waals surface area contributed by atoms with Gasteiger partial charge < -0.3 is 41.1 Å². The van der Waals surface area contributed by atoms with Crippen LogP contribution in [0.15, 0.2) is 48.5 Å². The average Bonchev–Trinajstić information content (AvgIpc) is 2.99. The van der Waals surface area contributed by atoms with Crippen molar-refractivity contribution < 1.29 is 14.3 Å². The second-order valence-corrected chi connectivity index (χ2v) is 10.1. The summed E-state index contributed by atoms with van der Waals surface area (Å²) in [4.78, 5) is 41.0. The van der Waals surface area contributed by atoms with Gasteiger partial charge in [0.2, 0.25) is 0 Å². The predicted octanol–water partition coefficient (Wildman–Crippen LogP) is 3.03. The summed E-state index contributed by atoms with van der Waals surface area (Å²) in [6.45, 7) is 8.49. The lowest BCUT2D eigenvalue weighted by molar-refractivity contribution is 0.0664. The number of nitrogen functional groups attached to an aromatic ring is 1. The SMILES string of the molecule is CCNc1nc(-c2ccc(NC(=O)Nc3ccc(C(=O)N4CCN(C)CC4)cc3)cc2)nc(N2CCOCC2)c1N. The number of likely N-dealkylation sites (N-methyl/N-ethyl adjacent to an activating group) is 1. The van der Waals surface area contributed by atoms with E-state index in [1.54, 1.807) is 36.4 Å². The van der Waals surface area contributed by atoms with E-state index in [2.05, 4.69) is 37.8 Å². The van der Waals surface area contributed by atoms with Crippen LogP contribution in [0.3, 0.4) is 0 Å². The number of hydrogen-bond acceptors (Lipinski definition) is 9. The molecular weight excluding hydrogens is 522 g/mol. The zero-order valence-corrected chi connectivity index (χ0v) is 23.5. The molecule has 12 nitrogen and oxygen atoms in total. The van der Waals surface area contributed by atoms with Crippen LogP contribution in [0.2, 0.25) is 0 Å². The highest BCUT2D eigenvalue weighted by Crippen LogP contribution is 2.31. The summed E-state index contributed by atoms with van der Waals surface area (Å²) in [5, 5.41) is 8.89. The number of nitrogens with one attached hydrogen (secondary N) is 3. The van der Waals surface area contributed by atoms with E-state index >= 15 is 0 Å². The van der Waals surface area contributed by atoms with Crippen molar-refractivity contribution >= 4 is 40.6 Å². The quantitative estimate of drug-likeness (QED) is 0.344. The van der Waals surface area contributed by atoms with Crippen LogP contribution in [0.4, 0.5) is 33.5 Å². The van der Waals surface area contributed by atoms with Gasteiger partial charge in [0.25, 0.3) is 5.91 Å². The third-order valence-electron chi connectivity index (χ3n) is 7.16. The molecule has 3 amide bonds. The lowest BCUT2D eigenvalue weighted by Gasteiger charge is -2.32. The highest BCUT2D eigenvalue weighted by Gasteiger charge is 2.21. The summed E-state index contributed by atoms with van der Waals surface area (Å²) < 4.78 is 5.48. The molecule has 1 aromatic heterocycles. The first-order valence-corrected chi connectivity index (χ1v) is 13.9. The molecule has 2 aromatic carbocycles. The number of nitrogens with zero attached hydrogens (tertiary/aromatic N) is 5. The summed E-state index contributed by atoms with van der Waals surface area (Å²) >= 11 is 0. The van der Waals surface area contributed by atoms with E-state index in [9.17, 15) is 9.59 Å². The number of benzene rings is 2. The second kappa shape index (κ2) is 12.8. The number of carbonyl (C=O) groups is 2. The zero-order chi connectivity index (χ0) is 28.8. The first-order chi connectivity index (χ1) is 19.9.